The molecule has 3 heterocycles. The molecule has 2 saturated heterocycles. The lowest BCUT2D eigenvalue weighted by Gasteiger charge is -2.34. The number of amides is 1. The highest BCUT2D eigenvalue weighted by molar-refractivity contribution is 5.94. The fraction of sp³-hybridized carbons (Fsp3) is 0.417. The van der Waals surface area contributed by atoms with Crippen LogP contribution < -0.4 is 4.90 Å². The van der Waals surface area contributed by atoms with E-state index >= 15 is 0 Å². The summed E-state index contributed by atoms with van der Waals surface area (Å²) in [6.45, 7) is 6.41. The van der Waals surface area contributed by atoms with Gasteiger partial charge in [0, 0.05) is 52.0 Å². The standard InChI is InChI=1S/C24H30N4O/c29-24(22-11-12-23(25-20-22)27-14-5-2-6-15-27)28-18-16-26(17-19-28)13-7-10-21-8-3-1-4-9-21/h1,3-4,7-12,20H,2,5-6,13-19H2/b10-7+. The van der Waals surface area contributed by atoms with E-state index in [4.69, 9.17) is 0 Å². The van der Waals surface area contributed by atoms with Crippen molar-refractivity contribution in [3.8, 4) is 0 Å². The van der Waals surface area contributed by atoms with Gasteiger partial charge >= 0.3 is 0 Å². The molecule has 5 heteroatoms. The normalized spacial score (nSPS) is 18.3. The first-order valence-corrected chi connectivity index (χ1v) is 10.7. The summed E-state index contributed by atoms with van der Waals surface area (Å²) in [7, 11) is 0. The highest BCUT2D eigenvalue weighted by atomic mass is 16.2. The van der Waals surface area contributed by atoms with Crippen LogP contribution in [0.1, 0.15) is 35.2 Å². The number of rotatable bonds is 5. The van der Waals surface area contributed by atoms with Crippen LogP contribution in [-0.2, 0) is 0 Å². The maximum Gasteiger partial charge on any atom is 0.255 e. The zero-order valence-electron chi connectivity index (χ0n) is 17.0. The van der Waals surface area contributed by atoms with Crippen molar-refractivity contribution in [3.63, 3.8) is 0 Å². The number of carbonyl (C=O) groups excluding carboxylic acids is 1. The van der Waals surface area contributed by atoms with Crippen LogP contribution in [0.4, 0.5) is 5.82 Å². The van der Waals surface area contributed by atoms with Crippen molar-refractivity contribution in [1.82, 2.24) is 14.8 Å². The van der Waals surface area contributed by atoms with Crippen LogP contribution in [0.5, 0.6) is 0 Å². The van der Waals surface area contributed by atoms with E-state index < -0.39 is 0 Å². The molecular formula is C24H30N4O. The average Bonchev–Trinajstić information content (AvgIpc) is 2.80. The molecule has 2 aliphatic rings. The molecule has 0 atom stereocenters. The van der Waals surface area contributed by atoms with Gasteiger partial charge in [-0.25, -0.2) is 4.98 Å². The molecule has 0 saturated carbocycles. The molecule has 29 heavy (non-hydrogen) atoms. The largest absolute Gasteiger partial charge is 0.357 e. The third-order valence-corrected chi connectivity index (χ3v) is 5.81. The van der Waals surface area contributed by atoms with Crippen LogP contribution in [0.15, 0.2) is 54.7 Å². The Morgan fingerprint density at radius 2 is 1.66 bits per heavy atom. The molecule has 0 N–H and O–H groups in total. The summed E-state index contributed by atoms with van der Waals surface area (Å²) in [4.78, 5) is 24.1. The molecule has 2 aliphatic heterocycles. The van der Waals surface area contributed by atoms with Gasteiger partial charge in [0.15, 0.2) is 0 Å². The van der Waals surface area contributed by atoms with Gasteiger partial charge in [0.05, 0.1) is 5.56 Å². The average molecular weight is 391 g/mol. The van der Waals surface area contributed by atoms with E-state index in [9.17, 15) is 4.79 Å². The predicted molar refractivity (Wildman–Crippen MR) is 118 cm³/mol. The van der Waals surface area contributed by atoms with Crippen molar-refractivity contribution < 1.29 is 4.79 Å². The predicted octanol–water partition coefficient (Wildman–Crippen LogP) is 3.54. The van der Waals surface area contributed by atoms with Gasteiger partial charge in [0.25, 0.3) is 5.91 Å². The van der Waals surface area contributed by atoms with Gasteiger partial charge in [0.2, 0.25) is 0 Å². The van der Waals surface area contributed by atoms with Crippen molar-refractivity contribution in [2.24, 2.45) is 0 Å². The molecule has 0 spiro atoms. The first-order chi connectivity index (χ1) is 14.3. The molecule has 0 aliphatic carbocycles. The van der Waals surface area contributed by atoms with E-state index in [1.165, 1.54) is 24.8 Å². The molecule has 0 unspecified atom stereocenters. The summed E-state index contributed by atoms with van der Waals surface area (Å²) in [6, 6.07) is 14.3. The number of carbonyl (C=O) groups is 1. The van der Waals surface area contributed by atoms with Crippen molar-refractivity contribution in [2.75, 3.05) is 50.7 Å². The SMILES string of the molecule is O=C(c1ccc(N2CCCCC2)nc1)N1CCN(C/C=C/c2ccccc2)CC1. The van der Waals surface area contributed by atoms with E-state index in [-0.39, 0.29) is 5.91 Å². The fourth-order valence-electron chi connectivity index (χ4n) is 4.04. The van der Waals surface area contributed by atoms with E-state index in [1.807, 2.05) is 23.1 Å². The Hall–Kier alpha value is -2.66. The van der Waals surface area contributed by atoms with Gasteiger partial charge in [-0.15, -0.1) is 0 Å². The quantitative estimate of drug-likeness (QED) is 0.783. The van der Waals surface area contributed by atoms with Gasteiger partial charge in [-0.2, -0.15) is 0 Å². The van der Waals surface area contributed by atoms with Crippen LogP contribution in [0.3, 0.4) is 0 Å². The zero-order valence-corrected chi connectivity index (χ0v) is 17.0. The number of anilines is 1. The van der Waals surface area contributed by atoms with E-state index in [2.05, 4.69) is 51.2 Å². The fourth-order valence-corrected chi connectivity index (χ4v) is 4.04. The van der Waals surface area contributed by atoms with Crippen LogP contribution in [0, 0.1) is 0 Å². The number of piperazine rings is 1. The van der Waals surface area contributed by atoms with Gasteiger partial charge in [-0.3, -0.25) is 9.69 Å². The molecule has 152 valence electrons. The van der Waals surface area contributed by atoms with Crippen molar-refractivity contribution in [3.05, 3.63) is 65.9 Å². The van der Waals surface area contributed by atoms with E-state index in [0.29, 0.717) is 5.56 Å². The van der Waals surface area contributed by atoms with Gasteiger partial charge in [-0.05, 0) is 37.0 Å². The Labute approximate surface area is 173 Å². The molecule has 1 amide bonds. The lowest BCUT2D eigenvalue weighted by molar-refractivity contribution is 0.0650. The number of hydrogen-bond donors (Lipinski definition) is 0. The highest BCUT2D eigenvalue weighted by Crippen LogP contribution is 2.18. The van der Waals surface area contributed by atoms with Crippen molar-refractivity contribution >= 4 is 17.8 Å². The number of piperidine rings is 1. The second kappa shape index (κ2) is 9.70. The second-order valence-electron chi connectivity index (χ2n) is 7.86. The summed E-state index contributed by atoms with van der Waals surface area (Å²) < 4.78 is 0. The minimum Gasteiger partial charge on any atom is -0.357 e. The monoisotopic (exact) mass is 390 g/mol. The molecule has 1 aromatic heterocycles. The smallest absolute Gasteiger partial charge is 0.255 e. The zero-order chi connectivity index (χ0) is 19.9. The number of pyridine rings is 1. The first kappa shape index (κ1) is 19.6. The van der Waals surface area contributed by atoms with E-state index in [0.717, 1.165) is 51.6 Å². The lowest BCUT2D eigenvalue weighted by atomic mass is 10.1. The molecular weight excluding hydrogens is 360 g/mol. The van der Waals surface area contributed by atoms with Crippen molar-refractivity contribution in [1.29, 1.82) is 0 Å². The minimum absolute atomic E-state index is 0.0992. The van der Waals surface area contributed by atoms with Crippen LogP contribution in [-0.4, -0.2) is 66.5 Å². The molecule has 0 radical (unpaired) electrons. The van der Waals surface area contributed by atoms with Crippen LogP contribution in [0.2, 0.25) is 0 Å². The Kier molecular flexibility index (Phi) is 6.57. The molecule has 2 aromatic rings. The number of nitrogens with zero attached hydrogens (tertiary/aromatic N) is 4. The maximum atomic E-state index is 12.8. The van der Waals surface area contributed by atoms with E-state index in [1.54, 1.807) is 6.20 Å². The Morgan fingerprint density at radius 3 is 2.34 bits per heavy atom. The maximum absolute atomic E-state index is 12.8. The Morgan fingerprint density at radius 1 is 0.897 bits per heavy atom. The second-order valence-corrected chi connectivity index (χ2v) is 7.86. The summed E-state index contributed by atoms with van der Waals surface area (Å²) >= 11 is 0. The number of hydrogen-bond acceptors (Lipinski definition) is 4. The molecule has 2 fully saturated rings. The molecule has 0 bridgehead atoms. The summed E-state index contributed by atoms with van der Waals surface area (Å²) in [5.41, 5.74) is 1.92. The number of aromatic nitrogens is 1. The third kappa shape index (κ3) is 5.24. The summed E-state index contributed by atoms with van der Waals surface area (Å²) in [5, 5.41) is 0. The topological polar surface area (TPSA) is 39.7 Å². The van der Waals surface area contributed by atoms with Crippen molar-refractivity contribution in [2.45, 2.75) is 19.3 Å². The lowest BCUT2D eigenvalue weighted by Crippen LogP contribution is -2.48. The Balaban J connectivity index is 1.26. The molecule has 5 nitrogen and oxygen atoms in total. The highest BCUT2D eigenvalue weighted by Gasteiger charge is 2.22. The van der Waals surface area contributed by atoms with Crippen LogP contribution >= 0.6 is 0 Å². The third-order valence-electron chi connectivity index (χ3n) is 5.81. The van der Waals surface area contributed by atoms with Gasteiger partial charge < -0.3 is 9.80 Å². The Bertz CT molecular complexity index is 805. The van der Waals surface area contributed by atoms with Crippen LogP contribution in [0.25, 0.3) is 6.08 Å². The first-order valence-electron chi connectivity index (χ1n) is 10.7. The van der Waals surface area contributed by atoms with Gasteiger partial charge in [-0.1, -0.05) is 42.5 Å². The number of benzene rings is 1. The van der Waals surface area contributed by atoms with Gasteiger partial charge in [0.1, 0.15) is 5.82 Å². The minimum atomic E-state index is 0.0992. The molecule has 4 rings (SSSR count). The summed E-state index contributed by atoms with van der Waals surface area (Å²) in [6.07, 6.45) is 9.88. The summed E-state index contributed by atoms with van der Waals surface area (Å²) in [5.74, 6) is 1.10. The molecule has 1 aromatic carbocycles.